The number of morpholine rings is 1. The van der Waals surface area contributed by atoms with Crippen LogP contribution in [-0.2, 0) is 9.53 Å². The zero-order chi connectivity index (χ0) is 20.6. The Hall–Kier alpha value is -3.39. The molecule has 1 heterocycles. The molecule has 1 fully saturated rings. The summed E-state index contributed by atoms with van der Waals surface area (Å²) < 4.78 is 5.26. The molecule has 0 aliphatic carbocycles. The monoisotopic (exact) mass is 396 g/mol. The summed E-state index contributed by atoms with van der Waals surface area (Å²) in [6.07, 6.45) is 0. The quantitative estimate of drug-likeness (QED) is 0.688. The molecule has 152 valence electrons. The van der Waals surface area contributed by atoms with Crippen molar-refractivity contribution < 1.29 is 19.1 Å². The Bertz CT molecular complexity index is 859. The third kappa shape index (κ3) is 5.55. The summed E-state index contributed by atoms with van der Waals surface area (Å²) in [5, 5.41) is 8.35. The van der Waals surface area contributed by atoms with E-state index in [1.165, 1.54) is 0 Å². The highest BCUT2D eigenvalue weighted by atomic mass is 16.5. The summed E-state index contributed by atoms with van der Waals surface area (Å²) >= 11 is 0. The number of nitrogens with one attached hydrogen (secondary N) is 3. The fourth-order valence-corrected chi connectivity index (χ4v) is 2.92. The normalized spacial score (nSPS) is 13.5. The van der Waals surface area contributed by atoms with Crippen molar-refractivity contribution in [1.82, 2.24) is 10.2 Å². The number of hydrogen-bond donors (Lipinski definition) is 3. The van der Waals surface area contributed by atoms with Gasteiger partial charge in [0.05, 0.1) is 19.8 Å². The number of carbonyl (C=O) groups excluding carboxylic acids is 3. The molecular formula is C21H24N4O4. The van der Waals surface area contributed by atoms with Crippen LogP contribution in [0, 0.1) is 0 Å². The highest BCUT2D eigenvalue weighted by molar-refractivity contribution is 5.97. The van der Waals surface area contributed by atoms with E-state index in [1.807, 2.05) is 0 Å². The van der Waals surface area contributed by atoms with Gasteiger partial charge < -0.3 is 25.6 Å². The summed E-state index contributed by atoms with van der Waals surface area (Å²) in [5.74, 6) is -0.412. The molecule has 0 radical (unpaired) electrons. The van der Waals surface area contributed by atoms with E-state index in [0.717, 1.165) is 5.69 Å². The van der Waals surface area contributed by atoms with Crippen LogP contribution in [0.4, 0.5) is 11.4 Å². The molecule has 2 aromatic rings. The molecule has 3 rings (SSSR count). The Labute approximate surface area is 169 Å². The molecule has 3 amide bonds. The molecule has 0 saturated carbocycles. The van der Waals surface area contributed by atoms with Crippen LogP contribution in [0.3, 0.4) is 0 Å². The molecule has 0 atom stereocenters. The van der Waals surface area contributed by atoms with Crippen LogP contribution in [0.25, 0.3) is 0 Å². The molecule has 1 saturated heterocycles. The zero-order valence-electron chi connectivity index (χ0n) is 16.2. The predicted molar refractivity (Wildman–Crippen MR) is 110 cm³/mol. The van der Waals surface area contributed by atoms with Crippen molar-refractivity contribution in [1.29, 1.82) is 0 Å². The van der Waals surface area contributed by atoms with Crippen LogP contribution in [-0.4, -0.2) is 62.5 Å². The largest absolute Gasteiger partial charge is 0.378 e. The van der Waals surface area contributed by atoms with Gasteiger partial charge in [0.25, 0.3) is 11.8 Å². The molecule has 2 aromatic carbocycles. The van der Waals surface area contributed by atoms with Crippen molar-refractivity contribution in [3.8, 4) is 0 Å². The number of amides is 3. The number of nitrogens with zero attached hydrogens (tertiary/aromatic N) is 1. The van der Waals surface area contributed by atoms with E-state index in [9.17, 15) is 14.4 Å². The van der Waals surface area contributed by atoms with E-state index < -0.39 is 0 Å². The van der Waals surface area contributed by atoms with Crippen LogP contribution >= 0.6 is 0 Å². The van der Waals surface area contributed by atoms with Crippen LogP contribution in [0.5, 0.6) is 0 Å². The van der Waals surface area contributed by atoms with Gasteiger partial charge in [-0.05, 0) is 48.5 Å². The van der Waals surface area contributed by atoms with E-state index in [4.69, 9.17) is 4.74 Å². The van der Waals surface area contributed by atoms with Crippen LogP contribution < -0.4 is 16.0 Å². The SMILES string of the molecule is CNC(=O)c1ccc(NCC(=O)Nc2ccc(C(=O)N3CCOCC3)cc2)cc1. The van der Waals surface area contributed by atoms with Crippen molar-refractivity contribution in [2.45, 2.75) is 0 Å². The predicted octanol–water partition coefficient (Wildman–Crippen LogP) is 1.57. The van der Waals surface area contributed by atoms with Gasteiger partial charge in [-0.1, -0.05) is 0 Å². The highest BCUT2D eigenvalue weighted by Gasteiger charge is 2.18. The number of rotatable bonds is 6. The van der Waals surface area contributed by atoms with Gasteiger partial charge in [0.2, 0.25) is 5.91 Å². The first-order valence-corrected chi connectivity index (χ1v) is 9.40. The number of benzene rings is 2. The second kappa shape index (κ2) is 9.70. The van der Waals surface area contributed by atoms with Crippen molar-refractivity contribution >= 4 is 29.1 Å². The smallest absolute Gasteiger partial charge is 0.254 e. The fourth-order valence-electron chi connectivity index (χ4n) is 2.92. The Balaban J connectivity index is 1.49. The van der Waals surface area contributed by atoms with Gasteiger partial charge in [0, 0.05) is 42.6 Å². The van der Waals surface area contributed by atoms with Gasteiger partial charge in [0.1, 0.15) is 0 Å². The first-order chi connectivity index (χ1) is 14.1. The lowest BCUT2D eigenvalue weighted by atomic mass is 10.1. The van der Waals surface area contributed by atoms with Gasteiger partial charge in [-0.3, -0.25) is 14.4 Å². The first-order valence-electron chi connectivity index (χ1n) is 9.40. The third-order valence-electron chi connectivity index (χ3n) is 4.54. The fraction of sp³-hybridized carbons (Fsp3) is 0.286. The van der Waals surface area contributed by atoms with Crippen molar-refractivity contribution in [3.63, 3.8) is 0 Å². The second-order valence-corrected chi connectivity index (χ2v) is 6.54. The number of carbonyl (C=O) groups is 3. The van der Waals surface area contributed by atoms with E-state index in [1.54, 1.807) is 60.5 Å². The average Bonchev–Trinajstić information content (AvgIpc) is 2.78. The Morgan fingerprint density at radius 1 is 0.897 bits per heavy atom. The summed E-state index contributed by atoms with van der Waals surface area (Å²) in [6, 6.07) is 13.7. The number of hydrogen-bond acceptors (Lipinski definition) is 5. The minimum Gasteiger partial charge on any atom is -0.378 e. The summed E-state index contributed by atoms with van der Waals surface area (Å²) in [6.45, 7) is 2.37. The van der Waals surface area contributed by atoms with Crippen molar-refractivity contribution in [2.75, 3.05) is 50.5 Å². The highest BCUT2D eigenvalue weighted by Crippen LogP contribution is 2.13. The summed E-state index contributed by atoms with van der Waals surface area (Å²) in [4.78, 5) is 37.9. The van der Waals surface area contributed by atoms with Gasteiger partial charge in [0.15, 0.2) is 0 Å². The summed E-state index contributed by atoms with van der Waals surface area (Å²) in [7, 11) is 1.57. The van der Waals surface area contributed by atoms with Crippen LogP contribution in [0.2, 0.25) is 0 Å². The molecule has 29 heavy (non-hydrogen) atoms. The Kier molecular flexibility index (Phi) is 6.80. The van der Waals surface area contributed by atoms with Crippen molar-refractivity contribution in [3.05, 3.63) is 59.7 Å². The van der Waals surface area contributed by atoms with E-state index >= 15 is 0 Å². The maximum Gasteiger partial charge on any atom is 0.254 e. The van der Waals surface area contributed by atoms with E-state index in [0.29, 0.717) is 43.1 Å². The Morgan fingerprint density at radius 3 is 2.10 bits per heavy atom. The van der Waals surface area contributed by atoms with E-state index in [2.05, 4.69) is 16.0 Å². The average molecular weight is 396 g/mol. The zero-order valence-corrected chi connectivity index (χ0v) is 16.2. The standard InChI is InChI=1S/C21H24N4O4/c1-22-20(27)15-2-6-17(7-3-15)23-14-19(26)24-18-8-4-16(5-9-18)21(28)25-10-12-29-13-11-25/h2-9,23H,10-14H2,1H3,(H,22,27)(H,24,26). The molecular weight excluding hydrogens is 372 g/mol. The molecule has 3 N–H and O–H groups in total. The lowest BCUT2D eigenvalue weighted by Crippen LogP contribution is -2.40. The molecule has 0 bridgehead atoms. The maximum atomic E-state index is 12.4. The van der Waals surface area contributed by atoms with E-state index in [-0.39, 0.29) is 24.3 Å². The third-order valence-corrected chi connectivity index (χ3v) is 4.54. The summed E-state index contributed by atoms with van der Waals surface area (Å²) in [5.41, 5.74) is 2.48. The number of ether oxygens (including phenoxy) is 1. The van der Waals surface area contributed by atoms with Crippen LogP contribution in [0.1, 0.15) is 20.7 Å². The lowest BCUT2D eigenvalue weighted by molar-refractivity contribution is -0.114. The van der Waals surface area contributed by atoms with Gasteiger partial charge in [-0.25, -0.2) is 0 Å². The second-order valence-electron chi connectivity index (χ2n) is 6.54. The molecule has 0 aromatic heterocycles. The van der Waals surface area contributed by atoms with Gasteiger partial charge in [-0.15, -0.1) is 0 Å². The molecule has 8 nitrogen and oxygen atoms in total. The topological polar surface area (TPSA) is 99.8 Å². The molecule has 1 aliphatic heterocycles. The lowest BCUT2D eigenvalue weighted by Gasteiger charge is -2.26. The van der Waals surface area contributed by atoms with Crippen LogP contribution in [0.15, 0.2) is 48.5 Å². The van der Waals surface area contributed by atoms with Gasteiger partial charge >= 0.3 is 0 Å². The molecule has 0 unspecified atom stereocenters. The molecule has 8 heteroatoms. The first kappa shape index (κ1) is 20.3. The minimum atomic E-state index is -0.215. The number of anilines is 2. The molecule has 1 aliphatic rings. The molecule has 0 spiro atoms. The van der Waals surface area contributed by atoms with Crippen molar-refractivity contribution in [2.24, 2.45) is 0 Å². The minimum absolute atomic E-state index is 0.0342. The maximum absolute atomic E-state index is 12.4. The van der Waals surface area contributed by atoms with Gasteiger partial charge in [-0.2, -0.15) is 0 Å². The Morgan fingerprint density at radius 2 is 1.48 bits per heavy atom.